The predicted octanol–water partition coefficient (Wildman–Crippen LogP) is 3.34. The SMILES string of the molecule is CCOC(=O)c1ccc(N2C(=O)CC(N(C(=O)c3ccc([N+](=O)[O-])cc3)C(C)CC)C2=O)cc1. The molecule has 0 aliphatic carbocycles. The van der Waals surface area contributed by atoms with Crippen molar-refractivity contribution in [3.8, 4) is 0 Å². The van der Waals surface area contributed by atoms with Crippen molar-refractivity contribution in [1.82, 2.24) is 4.90 Å². The second-order valence-electron chi connectivity index (χ2n) is 7.83. The van der Waals surface area contributed by atoms with Crippen LogP contribution in [0.2, 0.25) is 0 Å². The van der Waals surface area contributed by atoms with Crippen molar-refractivity contribution in [1.29, 1.82) is 0 Å². The predicted molar refractivity (Wildman–Crippen MR) is 122 cm³/mol. The zero-order chi connectivity index (χ0) is 25.0. The number of anilines is 1. The average Bonchev–Trinajstić information content (AvgIpc) is 3.12. The fourth-order valence-corrected chi connectivity index (χ4v) is 3.79. The molecule has 3 amide bonds. The fraction of sp³-hybridized carbons (Fsp3) is 0.333. The number of carbonyl (C=O) groups excluding carboxylic acids is 4. The Morgan fingerprint density at radius 1 is 1.09 bits per heavy atom. The molecular formula is C24H25N3O7. The number of esters is 1. The molecule has 0 aromatic heterocycles. The van der Waals surface area contributed by atoms with E-state index in [1.165, 1.54) is 53.4 Å². The molecule has 0 N–H and O–H groups in total. The molecule has 34 heavy (non-hydrogen) atoms. The molecule has 0 saturated carbocycles. The third kappa shape index (κ3) is 4.80. The van der Waals surface area contributed by atoms with Crippen molar-refractivity contribution in [2.45, 2.75) is 45.7 Å². The van der Waals surface area contributed by atoms with Crippen LogP contribution >= 0.6 is 0 Å². The number of nitro benzene ring substituents is 1. The Bertz CT molecular complexity index is 1110. The molecule has 0 bridgehead atoms. The van der Waals surface area contributed by atoms with E-state index in [1.807, 2.05) is 6.92 Å². The standard InChI is InChI=1S/C24H25N3O7/c1-4-15(3)25(22(29)16-6-12-19(13-7-16)27(32)33)20-14-21(28)26(23(20)30)18-10-8-17(9-11-18)24(31)34-5-2/h6-13,15,20H,4-5,14H2,1-3H3. The maximum Gasteiger partial charge on any atom is 0.338 e. The molecule has 1 saturated heterocycles. The van der Waals surface area contributed by atoms with Crippen molar-refractivity contribution in [2.75, 3.05) is 11.5 Å². The van der Waals surface area contributed by atoms with Crippen LogP contribution in [0.4, 0.5) is 11.4 Å². The summed E-state index contributed by atoms with van der Waals surface area (Å²) in [6, 6.07) is 9.64. The number of rotatable bonds is 8. The number of carbonyl (C=O) groups is 4. The normalized spacial score (nSPS) is 16.3. The van der Waals surface area contributed by atoms with Gasteiger partial charge in [-0.15, -0.1) is 0 Å². The summed E-state index contributed by atoms with van der Waals surface area (Å²) in [7, 11) is 0. The number of hydrogen-bond donors (Lipinski definition) is 0. The van der Waals surface area contributed by atoms with Gasteiger partial charge >= 0.3 is 5.97 Å². The number of nitrogens with zero attached hydrogens (tertiary/aromatic N) is 3. The van der Waals surface area contributed by atoms with E-state index in [-0.39, 0.29) is 41.6 Å². The number of nitro groups is 1. The van der Waals surface area contributed by atoms with Gasteiger partial charge in [-0.2, -0.15) is 0 Å². The third-order valence-corrected chi connectivity index (χ3v) is 5.72. The van der Waals surface area contributed by atoms with Crippen LogP contribution in [0.25, 0.3) is 0 Å². The highest BCUT2D eigenvalue weighted by Gasteiger charge is 2.45. The summed E-state index contributed by atoms with van der Waals surface area (Å²) in [6.07, 6.45) is 0.340. The zero-order valence-electron chi connectivity index (χ0n) is 19.1. The average molecular weight is 467 g/mol. The summed E-state index contributed by atoms with van der Waals surface area (Å²) in [4.78, 5) is 64.0. The number of ether oxygens (including phenoxy) is 1. The smallest absolute Gasteiger partial charge is 0.338 e. The molecule has 3 rings (SSSR count). The van der Waals surface area contributed by atoms with Crippen LogP contribution in [-0.2, 0) is 14.3 Å². The second-order valence-corrected chi connectivity index (χ2v) is 7.83. The number of hydrogen-bond acceptors (Lipinski definition) is 7. The number of amides is 3. The van der Waals surface area contributed by atoms with E-state index < -0.39 is 34.7 Å². The molecule has 1 aliphatic heterocycles. The Labute approximate surface area is 196 Å². The summed E-state index contributed by atoms with van der Waals surface area (Å²) in [6.45, 7) is 5.54. The molecule has 10 heteroatoms. The van der Waals surface area contributed by atoms with Crippen molar-refractivity contribution in [2.24, 2.45) is 0 Å². The minimum atomic E-state index is -1.02. The second kappa shape index (κ2) is 10.2. The Morgan fingerprint density at radius 3 is 2.21 bits per heavy atom. The van der Waals surface area contributed by atoms with Crippen molar-refractivity contribution >= 4 is 35.1 Å². The lowest BCUT2D eigenvalue weighted by Crippen LogP contribution is -2.49. The molecule has 1 aliphatic rings. The van der Waals surface area contributed by atoms with Crippen LogP contribution in [0.3, 0.4) is 0 Å². The lowest BCUT2D eigenvalue weighted by molar-refractivity contribution is -0.384. The van der Waals surface area contributed by atoms with Gasteiger partial charge in [-0.25, -0.2) is 9.69 Å². The molecule has 2 unspecified atom stereocenters. The monoisotopic (exact) mass is 467 g/mol. The molecule has 178 valence electrons. The highest BCUT2D eigenvalue weighted by molar-refractivity contribution is 6.23. The number of imide groups is 1. The van der Waals surface area contributed by atoms with Gasteiger partial charge in [-0.3, -0.25) is 24.5 Å². The number of benzene rings is 2. The van der Waals surface area contributed by atoms with Gasteiger partial charge in [0.05, 0.1) is 29.2 Å². The Morgan fingerprint density at radius 2 is 1.68 bits per heavy atom. The minimum absolute atomic E-state index is 0.156. The van der Waals surface area contributed by atoms with Gasteiger partial charge in [0.1, 0.15) is 6.04 Å². The van der Waals surface area contributed by atoms with Crippen LogP contribution in [0.1, 0.15) is 54.3 Å². The molecule has 2 aromatic carbocycles. The fourth-order valence-electron chi connectivity index (χ4n) is 3.79. The van der Waals surface area contributed by atoms with E-state index >= 15 is 0 Å². The highest BCUT2D eigenvalue weighted by Crippen LogP contribution is 2.29. The molecule has 1 fully saturated rings. The first-order valence-electron chi connectivity index (χ1n) is 10.9. The summed E-state index contributed by atoms with van der Waals surface area (Å²) >= 11 is 0. The van der Waals surface area contributed by atoms with Crippen LogP contribution in [0.15, 0.2) is 48.5 Å². The summed E-state index contributed by atoms with van der Waals surface area (Å²) in [5, 5.41) is 10.9. The summed E-state index contributed by atoms with van der Waals surface area (Å²) < 4.78 is 4.94. The third-order valence-electron chi connectivity index (χ3n) is 5.72. The molecule has 10 nitrogen and oxygen atoms in total. The lowest BCUT2D eigenvalue weighted by Gasteiger charge is -2.33. The number of non-ortho nitro benzene ring substituents is 1. The van der Waals surface area contributed by atoms with Crippen molar-refractivity contribution in [3.05, 3.63) is 69.8 Å². The van der Waals surface area contributed by atoms with E-state index in [4.69, 9.17) is 4.74 Å². The Kier molecular flexibility index (Phi) is 7.40. The molecular weight excluding hydrogens is 442 g/mol. The van der Waals surface area contributed by atoms with E-state index in [0.29, 0.717) is 6.42 Å². The van der Waals surface area contributed by atoms with Crippen molar-refractivity contribution < 1.29 is 28.8 Å². The molecule has 1 heterocycles. The van der Waals surface area contributed by atoms with Crippen LogP contribution in [-0.4, -0.2) is 52.2 Å². The maximum atomic E-state index is 13.3. The Hall–Kier alpha value is -4.08. The highest BCUT2D eigenvalue weighted by atomic mass is 16.6. The van der Waals surface area contributed by atoms with Gasteiger partial charge in [0, 0.05) is 23.7 Å². The van der Waals surface area contributed by atoms with Crippen LogP contribution < -0.4 is 4.90 Å². The molecule has 2 atom stereocenters. The van der Waals surface area contributed by atoms with Gasteiger partial charge in [-0.05, 0) is 56.7 Å². The quantitative estimate of drug-likeness (QED) is 0.252. The largest absolute Gasteiger partial charge is 0.462 e. The molecule has 2 aromatic rings. The minimum Gasteiger partial charge on any atom is -0.462 e. The molecule has 0 radical (unpaired) electrons. The van der Waals surface area contributed by atoms with E-state index in [0.717, 1.165) is 4.90 Å². The summed E-state index contributed by atoms with van der Waals surface area (Å²) in [5.41, 5.74) is 0.604. The van der Waals surface area contributed by atoms with Crippen LogP contribution in [0, 0.1) is 10.1 Å². The van der Waals surface area contributed by atoms with E-state index in [1.54, 1.807) is 13.8 Å². The van der Waals surface area contributed by atoms with Gasteiger partial charge in [0.2, 0.25) is 5.91 Å². The van der Waals surface area contributed by atoms with Crippen molar-refractivity contribution in [3.63, 3.8) is 0 Å². The molecule has 0 spiro atoms. The summed E-state index contributed by atoms with van der Waals surface area (Å²) in [5.74, 6) is -2.02. The maximum absolute atomic E-state index is 13.3. The van der Waals surface area contributed by atoms with Gasteiger partial charge < -0.3 is 9.64 Å². The first-order valence-corrected chi connectivity index (χ1v) is 10.9. The van der Waals surface area contributed by atoms with Gasteiger partial charge in [0.15, 0.2) is 0 Å². The Balaban J connectivity index is 1.88. The van der Waals surface area contributed by atoms with Crippen LogP contribution in [0.5, 0.6) is 0 Å². The lowest BCUT2D eigenvalue weighted by atomic mass is 10.1. The zero-order valence-corrected chi connectivity index (χ0v) is 19.1. The van der Waals surface area contributed by atoms with E-state index in [9.17, 15) is 29.3 Å². The van der Waals surface area contributed by atoms with Gasteiger partial charge in [0.25, 0.3) is 17.5 Å². The topological polar surface area (TPSA) is 127 Å². The first kappa shape index (κ1) is 24.6. The van der Waals surface area contributed by atoms with E-state index in [2.05, 4.69) is 0 Å². The van der Waals surface area contributed by atoms with Gasteiger partial charge in [-0.1, -0.05) is 6.92 Å². The first-order chi connectivity index (χ1) is 16.2.